The van der Waals surface area contributed by atoms with Crippen LogP contribution in [0.4, 0.5) is 17.1 Å². The summed E-state index contributed by atoms with van der Waals surface area (Å²) in [6, 6.07) is 78.7. The maximum atomic E-state index is 6.54. The first kappa shape index (κ1) is 33.3. The van der Waals surface area contributed by atoms with Crippen molar-refractivity contribution < 1.29 is 4.42 Å². The summed E-state index contributed by atoms with van der Waals surface area (Å²) < 4.78 is 8.95. The normalized spacial score (nSPS) is 11.7. The standard InChI is InChI=1S/C56H36N2O/c1-2-19-44-37(14-1)30-31-39-15-12-28-53(55(39)44)57(42-17-11-16-40(36-42)45-23-13-24-49-48-22-6-10-29-54(48)59-56(45)49)41-34-32-38(33-35-41)43-18-3-7-25-50(43)58-51-26-8-4-20-46(51)47-21-5-9-27-52(47)58/h1-36H. The Morgan fingerprint density at radius 1 is 0.373 bits per heavy atom. The van der Waals surface area contributed by atoms with Crippen LogP contribution < -0.4 is 4.90 Å². The molecule has 276 valence electrons. The number of furan rings is 1. The molecule has 0 N–H and O–H groups in total. The molecule has 12 aromatic rings. The van der Waals surface area contributed by atoms with Gasteiger partial charge in [0.1, 0.15) is 11.2 Å². The predicted octanol–water partition coefficient (Wildman–Crippen LogP) is 15.8. The van der Waals surface area contributed by atoms with Gasteiger partial charge in [0.2, 0.25) is 0 Å². The average molecular weight is 753 g/mol. The first-order valence-electron chi connectivity index (χ1n) is 20.2. The van der Waals surface area contributed by atoms with Crippen LogP contribution in [0.15, 0.2) is 223 Å². The average Bonchev–Trinajstić information content (AvgIpc) is 3.86. The summed E-state index contributed by atoms with van der Waals surface area (Å²) in [7, 11) is 0. The minimum atomic E-state index is 0.898. The van der Waals surface area contributed by atoms with Crippen LogP contribution in [0.3, 0.4) is 0 Å². The number of rotatable bonds is 6. The van der Waals surface area contributed by atoms with Crippen LogP contribution in [-0.4, -0.2) is 4.57 Å². The first-order valence-corrected chi connectivity index (χ1v) is 20.2. The smallest absolute Gasteiger partial charge is 0.143 e. The number of anilines is 3. The van der Waals surface area contributed by atoms with Gasteiger partial charge in [0.05, 0.1) is 22.4 Å². The zero-order valence-corrected chi connectivity index (χ0v) is 32.1. The van der Waals surface area contributed by atoms with Gasteiger partial charge in [-0.2, -0.15) is 0 Å². The predicted molar refractivity (Wildman–Crippen MR) is 249 cm³/mol. The van der Waals surface area contributed by atoms with Gasteiger partial charge in [0.25, 0.3) is 0 Å². The fourth-order valence-corrected chi connectivity index (χ4v) is 9.32. The molecule has 2 aromatic heterocycles. The number of benzene rings is 10. The van der Waals surface area contributed by atoms with Crippen molar-refractivity contribution in [2.75, 3.05) is 4.90 Å². The third kappa shape index (κ3) is 5.29. The zero-order chi connectivity index (χ0) is 38.9. The van der Waals surface area contributed by atoms with Gasteiger partial charge < -0.3 is 13.9 Å². The molecule has 0 radical (unpaired) electrons. The third-order valence-electron chi connectivity index (χ3n) is 12.0. The fourth-order valence-electron chi connectivity index (χ4n) is 9.32. The minimum Gasteiger partial charge on any atom is -0.455 e. The Kier molecular flexibility index (Phi) is 7.54. The highest BCUT2D eigenvalue weighted by molar-refractivity contribution is 6.16. The Balaban J connectivity index is 1.05. The van der Waals surface area contributed by atoms with Crippen molar-refractivity contribution in [2.45, 2.75) is 0 Å². The number of hydrogen-bond acceptors (Lipinski definition) is 2. The Hall–Kier alpha value is -7.88. The molecule has 10 aromatic carbocycles. The number of nitrogens with zero attached hydrogens (tertiary/aromatic N) is 2. The van der Waals surface area contributed by atoms with Crippen molar-refractivity contribution in [2.24, 2.45) is 0 Å². The van der Waals surface area contributed by atoms with E-state index in [1.54, 1.807) is 0 Å². The van der Waals surface area contributed by atoms with Gasteiger partial charge in [-0.1, -0.05) is 164 Å². The molecule has 0 spiro atoms. The summed E-state index contributed by atoms with van der Waals surface area (Å²) in [5.41, 5.74) is 13.1. The van der Waals surface area contributed by atoms with Crippen LogP contribution in [-0.2, 0) is 0 Å². The van der Waals surface area contributed by atoms with E-state index in [2.05, 4.69) is 216 Å². The molecular weight excluding hydrogens is 717 g/mol. The van der Waals surface area contributed by atoms with E-state index in [0.29, 0.717) is 0 Å². The van der Waals surface area contributed by atoms with E-state index in [0.717, 1.165) is 61.4 Å². The quantitative estimate of drug-likeness (QED) is 0.158. The molecule has 0 saturated carbocycles. The lowest BCUT2D eigenvalue weighted by Gasteiger charge is -2.28. The topological polar surface area (TPSA) is 21.3 Å². The van der Waals surface area contributed by atoms with Gasteiger partial charge in [-0.25, -0.2) is 0 Å². The monoisotopic (exact) mass is 752 g/mol. The largest absolute Gasteiger partial charge is 0.455 e. The van der Waals surface area contributed by atoms with Crippen molar-refractivity contribution in [3.05, 3.63) is 218 Å². The molecule has 59 heavy (non-hydrogen) atoms. The van der Waals surface area contributed by atoms with Gasteiger partial charge in [-0.05, 0) is 81.9 Å². The molecule has 0 aliphatic rings. The Morgan fingerprint density at radius 3 is 1.81 bits per heavy atom. The minimum absolute atomic E-state index is 0.898. The van der Waals surface area contributed by atoms with Gasteiger partial charge in [-0.3, -0.25) is 0 Å². The highest BCUT2D eigenvalue weighted by Crippen LogP contribution is 2.45. The van der Waals surface area contributed by atoms with Crippen LogP contribution in [0, 0.1) is 0 Å². The summed E-state index contributed by atoms with van der Waals surface area (Å²) in [6.07, 6.45) is 0. The summed E-state index contributed by atoms with van der Waals surface area (Å²) in [4.78, 5) is 2.42. The van der Waals surface area contributed by atoms with E-state index in [9.17, 15) is 0 Å². The fraction of sp³-hybridized carbons (Fsp3) is 0. The van der Waals surface area contributed by atoms with Crippen molar-refractivity contribution in [3.8, 4) is 27.9 Å². The molecule has 3 nitrogen and oxygen atoms in total. The molecular formula is C56H36N2O. The van der Waals surface area contributed by atoms with Crippen molar-refractivity contribution in [3.63, 3.8) is 0 Å². The Morgan fingerprint density at radius 2 is 0.983 bits per heavy atom. The van der Waals surface area contributed by atoms with Gasteiger partial charge in [0, 0.05) is 49.4 Å². The lowest BCUT2D eigenvalue weighted by atomic mass is 9.98. The van der Waals surface area contributed by atoms with Gasteiger partial charge in [-0.15, -0.1) is 0 Å². The molecule has 0 unspecified atom stereocenters. The second kappa shape index (κ2) is 13.4. The van der Waals surface area contributed by atoms with Crippen molar-refractivity contribution in [1.29, 1.82) is 0 Å². The second-order valence-electron chi connectivity index (χ2n) is 15.3. The van der Waals surface area contributed by atoms with Crippen LogP contribution >= 0.6 is 0 Å². The SMILES string of the molecule is c1cc(-c2cccc3c2oc2ccccc23)cc(N(c2ccc(-c3ccccc3-n3c4ccccc4c4ccccc43)cc2)c2cccc3ccc4ccccc4c23)c1. The van der Waals surface area contributed by atoms with E-state index in [-0.39, 0.29) is 0 Å². The van der Waals surface area contributed by atoms with Crippen LogP contribution in [0.25, 0.3) is 93.2 Å². The van der Waals surface area contributed by atoms with Crippen LogP contribution in [0.2, 0.25) is 0 Å². The highest BCUT2D eigenvalue weighted by Gasteiger charge is 2.20. The molecule has 12 rings (SSSR count). The summed E-state index contributed by atoms with van der Waals surface area (Å²) in [5.74, 6) is 0. The molecule has 0 amide bonds. The van der Waals surface area contributed by atoms with E-state index < -0.39 is 0 Å². The molecule has 2 heterocycles. The lowest BCUT2D eigenvalue weighted by Crippen LogP contribution is -2.10. The van der Waals surface area contributed by atoms with E-state index in [4.69, 9.17) is 4.42 Å². The molecule has 0 aliphatic heterocycles. The number of para-hydroxylation sites is 5. The van der Waals surface area contributed by atoms with Crippen LogP contribution in [0.1, 0.15) is 0 Å². The molecule has 0 fully saturated rings. The maximum absolute atomic E-state index is 6.54. The van der Waals surface area contributed by atoms with E-state index in [1.807, 2.05) is 12.1 Å². The Bertz CT molecular complexity index is 3520. The Labute approximate surface area is 341 Å². The lowest BCUT2D eigenvalue weighted by molar-refractivity contribution is 0.670. The summed E-state index contributed by atoms with van der Waals surface area (Å²) in [5, 5.41) is 9.63. The van der Waals surface area contributed by atoms with Crippen molar-refractivity contribution in [1.82, 2.24) is 4.57 Å². The van der Waals surface area contributed by atoms with Gasteiger partial charge in [0.15, 0.2) is 0 Å². The first-order chi connectivity index (χ1) is 29.3. The molecule has 0 atom stereocenters. The summed E-state index contributed by atoms with van der Waals surface area (Å²) in [6.45, 7) is 0. The second-order valence-corrected chi connectivity index (χ2v) is 15.3. The number of hydrogen-bond donors (Lipinski definition) is 0. The summed E-state index contributed by atoms with van der Waals surface area (Å²) >= 11 is 0. The molecule has 0 aliphatic carbocycles. The maximum Gasteiger partial charge on any atom is 0.143 e. The number of aromatic nitrogens is 1. The molecule has 3 heteroatoms. The molecule has 0 bridgehead atoms. The molecule has 0 saturated heterocycles. The van der Waals surface area contributed by atoms with Gasteiger partial charge >= 0.3 is 0 Å². The van der Waals surface area contributed by atoms with E-state index >= 15 is 0 Å². The highest BCUT2D eigenvalue weighted by atomic mass is 16.3. The zero-order valence-electron chi connectivity index (χ0n) is 32.1. The van der Waals surface area contributed by atoms with Crippen molar-refractivity contribution >= 4 is 82.4 Å². The van der Waals surface area contributed by atoms with Crippen LogP contribution in [0.5, 0.6) is 0 Å². The third-order valence-corrected chi connectivity index (χ3v) is 12.0. The van der Waals surface area contributed by atoms with E-state index in [1.165, 1.54) is 48.9 Å². The number of fused-ring (bicyclic) bond motifs is 9.